The first-order valence-corrected chi connectivity index (χ1v) is 14.0. The lowest BCUT2D eigenvalue weighted by atomic mass is 9.69. The van der Waals surface area contributed by atoms with Crippen LogP contribution in [0.5, 0.6) is 0 Å². The Kier molecular flexibility index (Phi) is 7.87. The van der Waals surface area contributed by atoms with E-state index in [0.29, 0.717) is 17.8 Å². The van der Waals surface area contributed by atoms with Crippen LogP contribution < -0.4 is 0 Å². The largest absolute Gasteiger partial charge is 0.425 e. The maximum absolute atomic E-state index is 9.90. The molecule has 5 heteroatoms. The number of nitrogens with zero attached hydrogens (tertiary/aromatic N) is 2. The number of rotatable bonds is 5. The first-order chi connectivity index (χ1) is 16.1. The molecule has 2 N–H and O–H groups in total. The van der Waals surface area contributed by atoms with Crippen molar-refractivity contribution in [1.29, 1.82) is 0 Å². The van der Waals surface area contributed by atoms with Gasteiger partial charge in [0.2, 0.25) is 11.8 Å². The molecule has 0 aromatic carbocycles. The van der Waals surface area contributed by atoms with Gasteiger partial charge in [0.15, 0.2) is 0 Å². The van der Waals surface area contributed by atoms with E-state index in [2.05, 4.69) is 22.3 Å². The SMILES string of the molecule is OC1CCC(c2nnc(C3CCC(C4CCC(/C=C/C5CCCC(O)C5)CC4)CC3)o2)CC1. The fourth-order valence-electron chi connectivity index (χ4n) is 7.24. The second-order valence-corrected chi connectivity index (χ2v) is 11.7. The van der Waals surface area contributed by atoms with Crippen molar-refractivity contribution >= 4 is 0 Å². The molecule has 1 aromatic heterocycles. The Balaban J connectivity index is 1.04. The van der Waals surface area contributed by atoms with Crippen molar-refractivity contribution < 1.29 is 14.6 Å². The monoisotopic (exact) mass is 456 g/mol. The smallest absolute Gasteiger partial charge is 0.219 e. The second-order valence-electron chi connectivity index (χ2n) is 11.7. The molecule has 0 aliphatic heterocycles. The third-order valence-electron chi connectivity index (χ3n) is 9.45. The van der Waals surface area contributed by atoms with Crippen molar-refractivity contribution in [2.75, 3.05) is 0 Å². The van der Waals surface area contributed by atoms with Crippen LogP contribution in [0.25, 0.3) is 0 Å². The number of allylic oxidation sites excluding steroid dienone is 2. The summed E-state index contributed by atoms with van der Waals surface area (Å²) in [5.74, 6) is 5.62. The summed E-state index contributed by atoms with van der Waals surface area (Å²) in [5, 5.41) is 28.5. The molecule has 0 radical (unpaired) electrons. The molecule has 0 bridgehead atoms. The highest BCUT2D eigenvalue weighted by Gasteiger charge is 2.33. The van der Waals surface area contributed by atoms with Gasteiger partial charge in [-0.25, -0.2) is 0 Å². The van der Waals surface area contributed by atoms with Crippen LogP contribution in [0.4, 0.5) is 0 Å². The first kappa shape index (κ1) is 23.5. The van der Waals surface area contributed by atoms with Crippen LogP contribution >= 0.6 is 0 Å². The minimum atomic E-state index is -0.143. The molecule has 5 nitrogen and oxygen atoms in total. The van der Waals surface area contributed by atoms with E-state index in [9.17, 15) is 10.2 Å². The molecule has 33 heavy (non-hydrogen) atoms. The Bertz CT molecular complexity index is 753. The molecule has 2 unspecified atom stereocenters. The molecule has 4 aliphatic carbocycles. The first-order valence-electron chi connectivity index (χ1n) is 14.0. The van der Waals surface area contributed by atoms with Gasteiger partial charge in [-0.05, 0) is 120 Å². The minimum absolute atomic E-state index is 0.0701. The van der Waals surface area contributed by atoms with E-state index < -0.39 is 0 Å². The zero-order valence-electron chi connectivity index (χ0n) is 20.3. The molecular weight excluding hydrogens is 412 g/mol. The molecule has 0 spiro atoms. The van der Waals surface area contributed by atoms with E-state index in [0.717, 1.165) is 68.1 Å². The third-order valence-corrected chi connectivity index (χ3v) is 9.45. The van der Waals surface area contributed by atoms with Crippen molar-refractivity contribution in [2.45, 2.75) is 127 Å². The quantitative estimate of drug-likeness (QED) is 0.510. The maximum atomic E-state index is 9.90. The van der Waals surface area contributed by atoms with Crippen LogP contribution in [0.3, 0.4) is 0 Å². The number of aliphatic hydroxyl groups is 2. The number of aliphatic hydroxyl groups excluding tert-OH is 2. The van der Waals surface area contributed by atoms with E-state index in [1.165, 1.54) is 64.2 Å². The van der Waals surface area contributed by atoms with Gasteiger partial charge in [0.25, 0.3) is 0 Å². The van der Waals surface area contributed by atoms with E-state index in [1.807, 2.05) is 0 Å². The van der Waals surface area contributed by atoms with Crippen molar-refractivity contribution in [2.24, 2.45) is 23.7 Å². The molecule has 5 rings (SSSR count). The van der Waals surface area contributed by atoms with E-state index in [1.54, 1.807) is 0 Å². The Morgan fingerprint density at radius 3 is 1.73 bits per heavy atom. The van der Waals surface area contributed by atoms with Crippen LogP contribution in [0.15, 0.2) is 16.6 Å². The third kappa shape index (κ3) is 6.08. The Hall–Kier alpha value is -1.20. The van der Waals surface area contributed by atoms with Crippen molar-refractivity contribution in [3.8, 4) is 0 Å². The van der Waals surface area contributed by atoms with Crippen molar-refractivity contribution in [1.82, 2.24) is 10.2 Å². The minimum Gasteiger partial charge on any atom is -0.425 e. The van der Waals surface area contributed by atoms with Gasteiger partial charge in [0.1, 0.15) is 0 Å². The lowest BCUT2D eigenvalue weighted by molar-refractivity contribution is 0.113. The summed E-state index contributed by atoms with van der Waals surface area (Å²) in [6.07, 6.45) is 23.3. The van der Waals surface area contributed by atoms with Crippen LogP contribution in [0, 0.1) is 23.7 Å². The molecule has 1 heterocycles. The highest BCUT2D eigenvalue weighted by molar-refractivity contribution is 5.01. The summed E-state index contributed by atoms with van der Waals surface area (Å²) in [4.78, 5) is 0. The van der Waals surface area contributed by atoms with E-state index in [-0.39, 0.29) is 12.2 Å². The van der Waals surface area contributed by atoms with Gasteiger partial charge >= 0.3 is 0 Å². The molecule has 4 aliphatic rings. The van der Waals surface area contributed by atoms with Crippen LogP contribution in [-0.4, -0.2) is 32.6 Å². The average molecular weight is 457 g/mol. The summed E-state index contributed by atoms with van der Waals surface area (Å²) in [6.45, 7) is 0. The van der Waals surface area contributed by atoms with E-state index in [4.69, 9.17) is 4.42 Å². The van der Waals surface area contributed by atoms with Gasteiger partial charge in [-0.15, -0.1) is 10.2 Å². The summed E-state index contributed by atoms with van der Waals surface area (Å²) >= 11 is 0. The topological polar surface area (TPSA) is 79.4 Å². The standard InChI is InChI=1S/C28H44N2O3/c31-25-16-14-24(15-17-25)28-30-29-27(33-28)23-12-10-22(11-13-23)21-8-6-19(7-9-21)4-5-20-2-1-3-26(32)18-20/h4-5,19-26,31-32H,1-3,6-18H2/b5-4+. The number of aromatic nitrogens is 2. The molecule has 0 amide bonds. The van der Waals surface area contributed by atoms with Crippen molar-refractivity contribution in [3.05, 3.63) is 23.9 Å². The molecule has 184 valence electrons. The van der Waals surface area contributed by atoms with Gasteiger partial charge in [-0.3, -0.25) is 0 Å². The van der Waals surface area contributed by atoms with Gasteiger partial charge in [-0.2, -0.15) is 0 Å². The highest BCUT2D eigenvalue weighted by Crippen LogP contribution is 2.44. The molecule has 2 atom stereocenters. The lowest BCUT2D eigenvalue weighted by Crippen LogP contribution is -2.25. The van der Waals surface area contributed by atoms with Crippen LogP contribution in [0.2, 0.25) is 0 Å². The second kappa shape index (κ2) is 11.0. The Labute approximate surface area is 199 Å². The normalized spacial score (nSPS) is 40.8. The molecule has 0 saturated heterocycles. The fourth-order valence-corrected chi connectivity index (χ4v) is 7.24. The number of hydrogen-bond acceptors (Lipinski definition) is 5. The zero-order valence-corrected chi connectivity index (χ0v) is 20.3. The molecule has 1 aromatic rings. The fraction of sp³-hybridized carbons (Fsp3) is 0.857. The summed E-state index contributed by atoms with van der Waals surface area (Å²) in [5.41, 5.74) is 0. The predicted molar refractivity (Wildman–Crippen MR) is 129 cm³/mol. The predicted octanol–water partition coefficient (Wildman–Crippen LogP) is 6.28. The molecule has 4 fully saturated rings. The van der Waals surface area contributed by atoms with Crippen LogP contribution in [-0.2, 0) is 0 Å². The van der Waals surface area contributed by atoms with Gasteiger partial charge in [-0.1, -0.05) is 18.6 Å². The van der Waals surface area contributed by atoms with Gasteiger partial charge in [0.05, 0.1) is 12.2 Å². The zero-order chi connectivity index (χ0) is 22.6. The highest BCUT2D eigenvalue weighted by atomic mass is 16.4. The summed E-state index contributed by atoms with van der Waals surface area (Å²) in [6, 6.07) is 0. The van der Waals surface area contributed by atoms with E-state index >= 15 is 0 Å². The summed E-state index contributed by atoms with van der Waals surface area (Å²) in [7, 11) is 0. The lowest BCUT2D eigenvalue weighted by Gasteiger charge is -2.36. The van der Waals surface area contributed by atoms with Crippen LogP contribution in [0.1, 0.15) is 126 Å². The van der Waals surface area contributed by atoms with Crippen molar-refractivity contribution in [3.63, 3.8) is 0 Å². The number of hydrogen-bond donors (Lipinski definition) is 2. The Morgan fingerprint density at radius 2 is 1.12 bits per heavy atom. The molecule has 4 saturated carbocycles. The maximum Gasteiger partial charge on any atom is 0.219 e. The van der Waals surface area contributed by atoms with Gasteiger partial charge < -0.3 is 14.6 Å². The Morgan fingerprint density at radius 1 is 0.576 bits per heavy atom. The molecular formula is C28H44N2O3. The summed E-state index contributed by atoms with van der Waals surface area (Å²) < 4.78 is 6.15. The average Bonchev–Trinajstić information content (AvgIpc) is 3.34. The van der Waals surface area contributed by atoms with Gasteiger partial charge in [0, 0.05) is 11.8 Å².